The number of unbranched alkanes of at least 4 members (excludes halogenated alkanes) is 3. The molecule has 1 fully saturated rings. The van der Waals surface area contributed by atoms with Crippen LogP contribution in [0.1, 0.15) is 45.4 Å². The molecule has 0 bridgehead atoms. The molecule has 0 aromatic carbocycles. The van der Waals surface area contributed by atoms with E-state index in [0.717, 1.165) is 50.7 Å². The normalized spacial score (nSPS) is 19.9. The lowest BCUT2D eigenvalue weighted by atomic mass is 10.1. The Bertz CT molecular complexity index is 261. The molecule has 0 aromatic rings. The maximum absolute atomic E-state index is 11.1. The summed E-state index contributed by atoms with van der Waals surface area (Å²) in [5.41, 5.74) is 0. The van der Waals surface area contributed by atoms with Gasteiger partial charge in [0.15, 0.2) is 0 Å². The first-order chi connectivity index (χ1) is 8.77. The van der Waals surface area contributed by atoms with Gasteiger partial charge in [0, 0.05) is 18.7 Å². The number of aldehydes is 1. The third-order valence-corrected chi connectivity index (χ3v) is 4.22. The van der Waals surface area contributed by atoms with Gasteiger partial charge in [-0.3, -0.25) is 4.79 Å². The highest BCUT2D eigenvalue weighted by Crippen LogP contribution is 2.26. The number of carbonyl (C=O) groups excluding carboxylic acids is 2. The standard InChI is InChI=1S/C13H23NO3S/c1-2-17-13(16)7-5-3-4-6-9-14-12(11-15)8-10-18-14/h11-12H,2-10H2,1H3. The highest BCUT2D eigenvalue weighted by molar-refractivity contribution is 7.97. The molecule has 0 aromatic heterocycles. The van der Waals surface area contributed by atoms with Crippen LogP contribution >= 0.6 is 11.9 Å². The minimum atomic E-state index is -0.0892. The third kappa shape index (κ3) is 5.87. The summed E-state index contributed by atoms with van der Waals surface area (Å²) in [6.07, 6.45) is 6.75. The summed E-state index contributed by atoms with van der Waals surface area (Å²) in [6.45, 7) is 3.28. The first-order valence-electron chi connectivity index (χ1n) is 6.78. The molecule has 18 heavy (non-hydrogen) atoms. The Morgan fingerprint density at radius 2 is 2.17 bits per heavy atom. The summed E-state index contributed by atoms with van der Waals surface area (Å²) < 4.78 is 7.06. The predicted octanol–water partition coefficient (Wildman–Crippen LogP) is 2.42. The van der Waals surface area contributed by atoms with Crippen molar-refractivity contribution in [1.29, 1.82) is 0 Å². The number of rotatable bonds is 9. The van der Waals surface area contributed by atoms with Crippen molar-refractivity contribution in [3.05, 3.63) is 0 Å². The van der Waals surface area contributed by atoms with Crippen molar-refractivity contribution in [2.75, 3.05) is 18.9 Å². The van der Waals surface area contributed by atoms with Crippen LogP contribution in [0.2, 0.25) is 0 Å². The molecule has 0 aliphatic carbocycles. The summed E-state index contributed by atoms with van der Waals surface area (Å²) in [5.74, 6) is 0.973. The largest absolute Gasteiger partial charge is 0.466 e. The van der Waals surface area contributed by atoms with E-state index < -0.39 is 0 Å². The molecule has 0 radical (unpaired) electrons. The zero-order valence-corrected chi connectivity index (χ0v) is 11.9. The quantitative estimate of drug-likeness (QED) is 0.279. The molecule has 0 spiro atoms. The highest BCUT2D eigenvalue weighted by Gasteiger charge is 2.23. The van der Waals surface area contributed by atoms with Crippen molar-refractivity contribution in [2.45, 2.75) is 51.5 Å². The minimum absolute atomic E-state index is 0.0892. The van der Waals surface area contributed by atoms with Gasteiger partial charge in [-0.1, -0.05) is 24.8 Å². The Labute approximate surface area is 114 Å². The van der Waals surface area contributed by atoms with E-state index in [2.05, 4.69) is 4.31 Å². The number of ether oxygens (including phenoxy) is 1. The van der Waals surface area contributed by atoms with Crippen LogP contribution in [0.25, 0.3) is 0 Å². The van der Waals surface area contributed by atoms with Crippen LogP contribution in [0, 0.1) is 0 Å². The summed E-state index contributed by atoms with van der Waals surface area (Å²) in [4.78, 5) is 21.9. The van der Waals surface area contributed by atoms with Gasteiger partial charge in [-0.15, -0.1) is 0 Å². The van der Waals surface area contributed by atoms with Crippen LogP contribution < -0.4 is 0 Å². The lowest BCUT2D eigenvalue weighted by Gasteiger charge is -2.17. The Morgan fingerprint density at radius 1 is 1.39 bits per heavy atom. The van der Waals surface area contributed by atoms with E-state index in [4.69, 9.17) is 4.74 Å². The molecule has 1 aliphatic heterocycles. The first-order valence-corrected chi connectivity index (χ1v) is 7.72. The van der Waals surface area contributed by atoms with Crippen LogP contribution in [0.15, 0.2) is 0 Å². The van der Waals surface area contributed by atoms with Crippen molar-refractivity contribution in [2.24, 2.45) is 0 Å². The van der Waals surface area contributed by atoms with Crippen LogP contribution in [-0.4, -0.2) is 41.5 Å². The Kier molecular flexibility index (Phi) is 8.09. The second-order valence-corrected chi connectivity index (χ2v) is 5.57. The van der Waals surface area contributed by atoms with Gasteiger partial charge in [0.1, 0.15) is 6.29 Å². The number of carbonyl (C=O) groups is 2. The van der Waals surface area contributed by atoms with Crippen molar-refractivity contribution in [3.8, 4) is 0 Å². The molecular weight excluding hydrogens is 250 g/mol. The van der Waals surface area contributed by atoms with Gasteiger partial charge in [-0.25, -0.2) is 4.31 Å². The van der Waals surface area contributed by atoms with Gasteiger partial charge in [-0.05, 0) is 26.2 Å². The Balaban J connectivity index is 1.95. The van der Waals surface area contributed by atoms with Crippen LogP contribution in [-0.2, 0) is 14.3 Å². The van der Waals surface area contributed by atoms with Crippen LogP contribution in [0.3, 0.4) is 0 Å². The van der Waals surface area contributed by atoms with Gasteiger partial charge < -0.3 is 9.53 Å². The van der Waals surface area contributed by atoms with E-state index in [1.54, 1.807) is 11.9 Å². The third-order valence-electron chi connectivity index (χ3n) is 3.01. The fourth-order valence-electron chi connectivity index (χ4n) is 2.02. The highest BCUT2D eigenvalue weighted by atomic mass is 32.2. The van der Waals surface area contributed by atoms with Crippen molar-refractivity contribution in [1.82, 2.24) is 4.31 Å². The van der Waals surface area contributed by atoms with Gasteiger partial charge in [-0.2, -0.15) is 0 Å². The molecule has 1 heterocycles. The molecule has 0 saturated carbocycles. The molecule has 1 saturated heterocycles. The van der Waals surface area contributed by atoms with E-state index >= 15 is 0 Å². The molecular formula is C13H23NO3S. The number of hydrogen-bond acceptors (Lipinski definition) is 5. The smallest absolute Gasteiger partial charge is 0.305 e. The molecule has 1 aliphatic rings. The van der Waals surface area contributed by atoms with Gasteiger partial charge in [0.2, 0.25) is 0 Å². The molecule has 104 valence electrons. The first kappa shape index (κ1) is 15.5. The zero-order valence-electron chi connectivity index (χ0n) is 11.1. The van der Waals surface area contributed by atoms with E-state index in [1.807, 2.05) is 6.92 Å². The van der Waals surface area contributed by atoms with E-state index in [1.165, 1.54) is 0 Å². The fourth-order valence-corrected chi connectivity index (χ4v) is 3.21. The SMILES string of the molecule is CCOC(=O)CCCCCCN1SCCC1C=O. The fraction of sp³-hybridized carbons (Fsp3) is 0.846. The molecule has 1 unspecified atom stereocenters. The van der Waals surface area contributed by atoms with Crippen molar-refractivity contribution >= 4 is 24.2 Å². The Hall–Kier alpha value is -0.550. The molecule has 5 heteroatoms. The average Bonchev–Trinajstić information content (AvgIpc) is 2.81. The summed E-state index contributed by atoms with van der Waals surface area (Å²) in [7, 11) is 0. The van der Waals surface area contributed by atoms with Crippen LogP contribution in [0.5, 0.6) is 0 Å². The monoisotopic (exact) mass is 273 g/mol. The van der Waals surface area contributed by atoms with E-state index in [0.29, 0.717) is 13.0 Å². The molecule has 0 N–H and O–H groups in total. The van der Waals surface area contributed by atoms with E-state index in [9.17, 15) is 9.59 Å². The molecule has 1 rings (SSSR count). The van der Waals surface area contributed by atoms with Crippen LogP contribution in [0.4, 0.5) is 0 Å². The maximum Gasteiger partial charge on any atom is 0.305 e. The second kappa shape index (κ2) is 9.39. The average molecular weight is 273 g/mol. The topological polar surface area (TPSA) is 46.6 Å². The number of hydrogen-bond donors (Lipinski definition) is 0. The maximum atomic E-state index is 11.1. The summed E-state index contributed by atoms with van der Waals surface area (Å²) >= 11 is 1.78. The zero-order chi connectivity index (χ0) is 13.2. The van der Waals surface area contributed by atoms with Gasteiger partial charge in [0.05, 0.1) is 12.6 Å². The van der Waals surface area contributed by atoms with Gasteiger partial charge >= 0.3 is 5.97 Å². The predicted molar refractivity (Wildman–Crippen MR) is 73.4 cm³/mol. The lowest BCUT2D eigenvalue weighted by Crippen LogP contribution is -2.26. The number of nitrogens with zero attached hydrogens (tertiary/aromatic N) is 1. The minimum Gasteiger partial charge on any atom is -0.466 e. The molecule has 4 nitrogen and oxygen atoms in total. The summed E-state index contributed by atoms with van der Waals surface area (Å²) in [5, 5.41) is 0. The Morgan fingerprint density at radius 3 is 2.89 bits per heavy atom. The van der Waals surface area contributed by atoms with Crippen molar-refractivity contribution in [3.63, 3.8) is 0 Å². The second-order valence-electron chi connectivity index (χ2n) is 4.44. The lowest BCUT2D eigenvalue weighted by molar-refractivity contribution is -0.143. The molecule has 0 amide bonds. The summed E-state index contributed by atoms with van der Waals surface area (Å²) in [6, 6.07) is 0.120. The molecule has 1 atom stereocenters. The number of esters is 1. The van der Waals surface area contributed by atoms with E-state index in [-0.39, 0.29) is 12.0 Å². The van der Waals surface area contributed by atoms with Gasteiger partial charge in [0.25, 0.3) is 0 Å². The van der Waals surface area contributed by atoms with Crippen molar-refractivity contribution < 1.29 is 14.3 Å².